The Labute approximate surface area is 173 Å². The molecule has 0 fully saturated rings. The van der Waals surface area contributed by atoms with Gasteiger partial charge < -0.3 is 16.8 Å². The molecule has 146 valence electrons. The molecule has 1 atom stereocenters. The van der Waals surface area contributed by atoms with Gasteiger partial charge in [0, 0.05) is 5.39 Å². The van der Waals surface area contributed by atoms with E-state index in [1.807, 2.05) is 84.9 Å². The highest BCUT2D eigenvalue weighted by Crippen LogP contribution is 2.27. The summed E-state index contributed by atoms with van der Waals surface area (Å²) in [4.78, 5) is 17.4. The summed E-state index contributed by atoms with van der Waals surface area (Å²) in [5.74, 6) is 0.803. The molecule has 0 saturated carbocycles. The first kappa shape index (κ1) is 19.0. The monoisotopic (exact) mass is 406 g/mol. The second-order valence-electron chi connectivity index (χ2n) is 6.95. The highest BCUT2D eigenvalue weighted by Gasteiger charge is 2.24. The molecule has 6 nitrogen and oxygen atoms in total. The van der Waals surface area contributed by atoms with Crippen LogP contribution in [0.5, 0.6) is 0 Å². The van der Waals surface area contributed by atoms with Gasteiger partial charge in [0.2, 0.25) is 6.33 Å². The number of fused-ring (bicyclic) bond motifs is 2. The number of furan rings is 1. The summed E-state index contributed by atoms with van der Waals surface area (Å²) in [6, 6.07) is 17.2. The predicted molar refractivity (Wildman–Crippen MR) is 106 cm³/mol. The molecule has 2 aromatic carbocycles. The van der Waals surface area contributed by atoms with Gasteiger partial charge in [-0.25, -0.2) is 14.1 Å². The third kappa shape index (κ3) is 3.43. The third-order valence-corrected chi connectivity index (χ3v) is 5.02. The summed E-state index contributed by atoms with van der Waals surface area (Å²) in [5, 5.41) is 1.66. The number of nitrogens with zero attached hydrogens (tertiary/aromatic N) is 4. The maximum atomic E-state index is 13.0. The second kappa shape index (κ2) is 7.56. The topological polar surface area (TPSA) is 56.8 Å². The zero-order chi connectivity index (χ0) is 19.1. The van der Waals surface area contributed by atoms with Crippen LogP contribution in [0.4, 0.5) is 0 Å². The lowest BCUT2D eigenvalue weighted by atomic mass is 10.2. The standard InChI is InChI=1S/C22H19N4O2.ClH/c1-24-10-11-25(15-24)19(21-12-16-6-2-5-9-20(16)28-21)13-26-14-23-18-8-4-3-7-17(18)22(26)27;/h2-12,14-15,19H,13H2,1H3;1H/q+1;/p-1. The molecule has 5 aromatic rings. The van der Waals surface area contributed by atoms with Gasteiger partial charge in [0.15, 0.2) is 11.8 Å². The van der Waals surface area contributed by atoms with Crippen LogP contribution in [0.1, 0.15) is 11.8 Å². The molecule has 0 radical (unpaired) electrons. The van der Waals surface area contributed by atoms with Crippen molar-refractivity contribution in [3.63, 3.8) is 0 Å². The minimum Gasteiger partial charge on any atom is -1.00 e. The number of imidazole rings is 1. The molecular formula is C22H19ClN4O2. The van der Waals surface area contributed by atoms with E-state index in [1.54, 1.807) is 10.9 Å². The zero-order valence-electron chi connectivity index (χ0n) is 15.8. The number of rotatable bonds is 4. The van der Waals surface area contributed by atoms with E-state index in [9.17, 15) is 4.79 Å². The Morgan fingerprint density at radius 3 is 2.72 bits per heavy atom. The maximum absolute atomic E-state index is 13.0. The van der Waals surface area contributed by atoms with Gasteiger partial charge in [-0.1, -0.05) is 30.3 Å². The van der Waals surface area contributed by atoms with Gasteiger partial charge in [-0.3, -0.25) is 9.36 Å². The SMILES string of the molecule is C[n+]1ccn(C(Cn2cnc3ccccc3c2=O)c2cc3ccccc3o2)c1.[Cl-]. The summed E-state index contributed by atoms with van der Waals surface area (Å²) >= 11 is 0. The van der Waals surface area contributed by atoms with E-state index >= 15 is 0 Å². The number of hydrogen-bond acceptors (Lipinski definition) is 3. The fraction of sp³-hybridized carbons (Fsp3) is 0.136. The summed E-state index contributed by atoms with van der Waals surface area (Å²) < 4.78 is 11.8. The maximum Gasteiger partial charge on any atom is 0.261 e. The molecule has 0 aliphatic carbocycles. The Balaban J connectivity index is 0.00000205. The van der Waals surface area contributed by atoms with Gasteiger partial charge in [-0.2, -0.15) is 0 Å². The van der Waals surface area contributed by atoms with Gasteiger partial charge in [0.1, 0.15) is 18.0 Å². The Kier molecular flexibility index (Phi) is 4.94. The number of aromatic nitrogens is 4. The third-order valence-electron chi connectivity index (χ3n) is 5.02. The average Bonchev–Trinajstić information content (AvgIpc) is 3.34. The molecule has 0 aliphatic heterocycles. The van der Waals surface area contributed by atoms with E-state index in [1.165, 1.54) is 0 Å². The molecule has 0 N–H and O–H groups in total. The Hall–Kier alpha value is -3.38. The highest BCUT2D eigenvalue weighted by atomic mass is 35.5. The smallest absolute Gasteiger partial charge is 0.261 e. The van der Waals surface area contributed by atoms with Crippen molar-refractivity contribution in [2.24, 2.45) is 7.05 Å². The van der Waals surface area contributed by atoms with Gasteiger partial charge >= 0.3 is 0 Å². The van der Waals surface area contributed by atoms with Crippen LogP contribution in [-0.2, 0) is 13.6 Å². The van der Waals surface area contributed by atoms with Gasteiger partial charge in [-0.05, 0) is 24.3 Å². The zero-order valence-corrected chi connectivity index (χ0v) is 16.5. The number of para-hydroxylation sites is 2. The first-order chi connectivity index (χ1) is 13.7. The molecule has 0 bridgehead atoms. The fourth-order valence-corrected chi connectivity index (χ4v) is 3.57. The molecule has 1 unspecified atom stereocenters. The lowest BCUT2D eigenvalue weighted by Crippen LogP contribution is -3.00. The molecular weight excluding hydrogens is 388 g/mol. The normalized spacial score (nSPS) is 12.2. The second-order valence-corrected chi connectivity index (χ2v) is 6.95. The molecule has 0 spiro atoms. The first-order valence-electron chi connectivity index (χ1n) is 9.14. The van der Waals surface area contributed by atoms with Crippen molar-refractivity contribution in [2.75, 3.05) is 0 Å². The minimum absolute atomic E-state index is 0. The van der Waals surface area contributed by atoms with Crippen LogP contribution in [0.2, 0.25) is 0 Å². The largest absolute Gasteiger partial charge is 1.00 e. The number of hydrogen-bond donors (Lipinski definition) is 0. The van der Waals surface area contributed by atoms with Crippen LogP contribution in [0.15, 0.2) is 88.9 Å². The lowest BCUT2D eigenvalue weighted by molar-refractivity contribution is -0.671. The van der Waals surface area contributed by atoms with Crippen LogP contribution in [0.3, 0.4) is 0 Å². The summed E-state index contributed by atoms with van der Waals surface area (Å²) in [6.07, 6.45) is 7.55. The highest BCUT2D eigenvalue weighted by molar-refractivity contribution is 5.78. The first-order valence-corrected chi connectivity index (χ1v) is 9.14. The lowest BCUT2D eigenvalue weighted by Gasteiger charge is -2.13. The van der Waals surface area contributed by atoms with Crippen LogP contribution in [-0.4, -0.2) is 14.1 Å². The molecule has 29 heavy (non-hydrogen) atoms. The molecule has 0 aliphatic rings. The molecule has 0 amide bonds. The van der Waals surface area contributed by atoms with Crippen molar-refractivity contribution < 1.29 is 21.4 Å². The van der Waals surface area contributed by atoms with Crippen LogP contribution < -0.4 is 22.5 Å². The van der Waals surface area contributed by atoms with E-state index in [0.717, 1.165) is 16.7 Å². The fourth-order valence-electron chi connectivity index (χ4n) is 3.57. The molecule has 0 saturated heterocycles. The van der Waals surface area contributed by atoms with E-state index < -0.39 is 0 Å². The number of benzene rings is 2. The van der Waals surface area contributed by atoms with Crippen molar-refractivity contribution in [3.8, 4) is 0 Å². The summed E-state index contributed by atoms with van der Waals surface area (Å²) in [7, 11) is 1.97. The van der Waals surface area contributed by atoms with Crippen LogP contribution >= 0.6 is 0 Å². The van der Waals surface area contributed by atoms with Crippen LogP contribution in [0, 0.1) is 0 Å². The predicted octanol–water partition coefficient (Wildman–Crippen LogP) is 0.0623. The van der Waals surface area contributed by atoms with Crippen molar-refractivity contribution >= 4 is 21.9 Å². The Morgan fingerprint density at radius 2 is 1.93 bits per heavy atom. The van der Waals surface area contributed by atoms with Gasteiger partial charge in [0.25, 0.3) is 5.56 Å². The number of aryl methyl sites for hydroxylation is 1. The quantitative estimate of drug-likeness (QED) is 0.397. The summed E-state index contributed by atoms with van der Waals surface area (Å²) in [6.45, 7) is 0.422. The van der Waals surface area contributed by atoms with E-state index in [4.69, 9.17) is 4.42 Å². The van der Waals surface area contributed by atoms with Gasteiger partial charge in [0.05, 0.1) is 30.8 Å². The van der Waals surface area contributed by atoms with Crippen LogP contribution in [0.25, 0.3) is 21.9 Å². The average molecular weight is 407 g/mol. The van der Waals surface area contributed by atoms with Crippen molar-refractivity contribution in [1.82, 2.24) is 14.1 Å². The molecule has 3 heterocycles. The van der Waals surface area contributed by atoms with Gasteiger partial charge in [-0.15, -0.1) is 0 Å². The Bertz CT molecular complexity index is 1320. The molecule has 5 rings (SSSR count). The van der Waals surface area contributed by atoms with Crippen molar-refractivity contribution in [3.05, 3.63) is 95.8 Å². The van der Waals surface area contributed by atoms with Crippen molar-refractivity contribution in [2.45, 2.75) is 12.6 Å². The van der Waals surface area contributed by atoms with E-state index in [0.29, 0.717) is 17.4 Å². The summed E-state index contributed by atoms with van der Waals surface area (Å²) in [5.41, 5.74) is 1.49. The van der Waals surface area contributed by atoms with E-state index in [2.05, 4.69) is 9.55 Å². The minimum atomic E-state index is -0.172. The molecule has 7 heteroatoms. The van der Waals surface area contributed by atoms with E-state index in [-0.39, 0.29) is 24.0 Å². The van der Waals surface area contributed by atoms with Crippen molar-refractivity contribution in [1.29, 1.82) is 0 Å². The Morgan fingerprint density at radius 1 is 1.14 bits per heavy atom. The number of halogens is 1. The molecule has 3 aromatic heterocycles.